The Morgan fingerprint density at radius 1 is 1.25 bits per heavy atom. The number of nitrogens with one attached hydrogen (secondary N) is 2. The van der Waals surface area contributed by atoms with Crippen LogP contribution in [0.1, 0.15) is 39.3 Å². The molecule has 3 N–H and O–H groups in total. The van der Waals surface area contributed by atoms with Crippen LogP contribution in [0.4, 0.5) is 0 Å². The van der Waals surface area contributed by atoms with Crippen LogP contribution in [0, 0.1) is 0 Å². The van der Waals surface area contributed by atoms with E-state index >= 15 is 0 Å². The van der Waals surface area contributed by atoms with Crippen LogP contribution >= 0.6 is 0 Å². The van der Waals surface area contributed by atoms with Crippen LogP contribution in [0.15, 0.2) is 18.2 Å². The highest BCUT2D eigenvalue weighted by molar-refractivity contribution is 5.81. The molecule has 112 valence electrons. The first-order valence-electron chi connectivity index (χ1n) is 6.78. The van der Waals surface area contributed by atoms with Gasteiger partial charge in [0, 0.05) is 23.7 Å². The minimum absolute atomic E-state index is 0.0557. The molecule has 1 amide bonds. The fourth-order valence-corrected chi connectivity index (χ4v) is 1.97. The average Bonchev–Trinajstić information content (AvgIpc) is 2.37. The molecule has 0 aliphatic heterocycles. The molecule has 0 saturated heterocycles. The number of carbonyl (C=O) groups excluding carboxylic acids is 1. The number of amides is 1. The summed E-state index contributed by atoms with van der Waals surface area (Å²) in [5.74, 6) is 0.699. The minimum Gasteiger partial charge on any atom is -0.507 e. The number of rotatable bonds is 6. The second-order valence-electron chi connectivity index (χ2n) is 5.20. The summed E-state index contributed by atoms with van der Waals surface area (Å²) in [6.45, 7) is 7.54. The molecule has 0 aliphatic rings. The number of hydrogen-bond acceptors (Lipinski definition) is 4. The lowest BCUT2D eigenvalue weighted by atomic mass is 10.1. The molecule has 1 rings (SSSR count). The van der Waals surface area contributed by atoms with Crippen molar-refractivity contribution in [1.82, 2.24) is 10.6 Å². The zero-order valence-corrected chi connectivity index (χ0v) is 12.7. The molecule has 1 aromatic carbocycles. The van der Waals surface area contributed by atoms with Crippen molar-refractivity contribution in [2.24, 2.45) is 0 Å². The van der Waals surface area contributed by atoms with Gasteiger partial charge < -0.3 is 15.2 Å². The molecular formula is C15H24N2O3. The summed E-state index contributed by atoms with van der Waals surface area (Å²) in [7, 11) is 1.55. The molecule has 0 fully saturated rings. The van der Waals surface area contributed by atoms with E-state index in [1.807, 2.05) is 20.8 Å². The summed E-state index contributed by atoms with van der Waals surface area (Å²) in [4.78, 5) is 11.8. The first kappa shape index (κ1) is 16.3. The highest BCUT2D eigenvalue weighted by Gasteiger charge is 2.18. The summed E-state index contributed by atoms with van der Waals surface area (Å²) in [6.07, 6.45) is 0. The Morgan fingerprint density at radius 2 is 1.90 bits per heavy atom. The smallest absolute Gasteiger partial charge is 0.237 e. The topological polar surface area (TPSA) is 70.6 Å². The Bertz CT molecular complexity index is 460. The van der Waals surface area contributed by atoms with Crippen LogP contribution < -0.4 is 15.4 Å². The Balaban J connectivity index is 2.71. The Labute approximate surface area is 120 Å². The van der Waals surface area contributed by atoms with Gasteiger partial charge in [0.25, 0.3) is 0 Å². The minimum atomic E-state index is -0.339. The van der Waals surface area contributed by atoms with Gasteiger partial charge in [-0.05, 0) is 33.8 Å². The van der Waals surface area contributed by atoms with Crippen molar-refractivity contribution in [2.45, 2.75) is 45.8 Å². The largest absolute Gasteiger partial charge is 0.507 e. The van der Waals surface area contributed by atoms with Crippen LogP contribution in [0.2, 0.25) is 0 Å². The third-order valence-electron chi connectivity index (χ3n) is 3.03. The monoisotopic (exact) mass is 280 g/mol. The third-order valence-corrected chi connectivity index (χ3v) is 3.03. The molecule has 0 spiro atoms. The molecule has 0 bridgehead atoms. The van der Waals surface area contributed by atoms with Crippen molar-refractivity contribution >= 4 is 5.91 Å². The van der Waals surface area contributed by atoms with E-state index in [0.717, 1.165) is 5.56 Å². The number of aromatic hydroxyl groups is 1. The Morgan fingerprint density at radius 3 is 2.40 bits per heavy atom. The highest BCUT2D eigenvalue weighted by Crippen LogP contribution is 2.28. The molecule has 0 heterocycles. The number of hydrogen-bond donors (Lipinski definition) is 3. The Hall–Kier alpha value is -1.75. The van der Waals surface area contributed by atoms with E-state index in [2.05, 4.69) is 10.6 Å². The lowest BCUT2D eigenvalue weighted by molar-refractivity contribution is -0.123. The first-order chi connectivity index (χ1) is 9.35. The van der Waals surface area contributed by atoms with Gasteiger partial charge in [0.2, 0.25) is 5.91 Å². The van der Waals surface area contributed by atoms with Crippen molar-refractivity contribution < 1.29 is 14.6 Å². The predicted octanol–water partition coefficient (Wildman–Crippen LogP) is 1.96. The summed E-state index contributed by atoms with van der Waals surface area (Å²) in [6, 6.07) is 4.76. The summed E-state index contributed by atoms with van der Waals surface area (Å²) >= 11 is 0. The zero-order valence-electron chi connectivity index (χ0n) is 12.7. The van der Waals surface area contributed by atoms with E-state index in [0.29, 0.717) is 5.75 Å². The zero-order chi connectivity index (χ0) is 15.3. The number of ether oxygens (including phenoxy) is 1. The van der Waals surface area contributed by atoms with Crippen LogP contribution in [-0.2, 0) is 4.79 Å². The van der Waals surface area contributed by atoms with E-state index < -0.39 is 0 Å². The maximum Gasteiger partial charge on any atom is 0.237 e. The van der Waals surface area contributed by atoms with Gasteiger partial charge in [0.15, 0.2) is 0 Å². The van der Waals surface area contributed by atoms with Crippen LogP contribution in [-0.4, -0.2) is 30.2 Å². The molecular weight excluding hydrogens is 256 g/mol. The standard InChI is InChI=1S/C15H24N2O3/c1-9(2)16-15(19)11(4)17-10(3)13-7-6-12(20-5)8-14(13)18/h6-11,17-18H,1-5H3,(H,16,19). The lowest BCUT2D eigenvalue weighted by Crippen LogP contribution is -2.45. The van der Waals surface area contributed by atoms with Gasteiger partial charge in [-0.1, -0.05) is 6.07 Å². The molecule has 5 heteroatoms. The molecule has 20 heavy (non-hydrogen) atoms. The van der Waals surface area contributed by atoms with E-state index in [4.69, 9.17) is 4.74 Å². The number of carbonyl (C=O) groups is 1. The van der Waals surface area contributed by atoms with Gasteiger partial charge in [-0.15, -0.1) is 0 Å². The van der Waals surface area contributed by atoms with Crippen molar-refractivity contribution in [1.29, 1.82) is 0 Å². The van der Waals surface area contributed by atoms with Crippen LogP contribution in [0.25, 0.3) is 0 Å². The van der Waals surface area contributed by atoms with E-state index in [9.17, 15) is 9.90 Å². The molecule has 0 radical (unpaired) electrons. The summed E-state index contributed by atoms with van der Waals surface area (Å²) in [5, 5.41) is 16.0. The average molecular weight is 280 g/mol. The lowest BCUT2D eigenvalue weighted by Gasteiger charge is -2.21. The molecule has 5 nitrogen and oxygen atoms in total. The highest BCUT2D eigenvalue weighted by atomic mass is 16.5. The van der Waals surface area contributed by atoms with Crippen molar-refractivity contribution in [3.63, 3.8) is 0 Å². The van der Waals surface area contributed by atoms with E-state index in [1.54, 1.807) is 32.2 Å². The first-order valence-corrected chi connectivity index (χ1v) is 6.78. The molecule has 2 unspecified atom stereocenters. The quantitative estimate of drug-likeness (QED) is 0.745. The Kier molecular flexibility index (Phi) is 5.82. The molecule has 0 aliphatic carbocycles. The third kappa shape index (κ3) is 4.42. The van der Waals surface area contributed by atoms with E-state index in [1.165, 1.54) is 0 Å². The normalized spacial score (nSPS) is 13.9. The van der Waals surface area contributed by atoms with Crippen LogP contribution in [0.5, 0.6) is 11.5 Å². The van der Waals surface area contributed by atoms with Gasteiger partial charge in [-0.2, -0.15) is 0 Å². The van der Waals surface area contributed by atoms with Crippen molar-refractivity contribution in [3.8, 4) is 11.5 Å². The van der Waals surface area contributed by atoms with Crippen molar-refractivity contribution in [3.05, 3.63) is 23.8 Å². The second-order valence-corrected chi connectivity index (χ2v) is 5.20. The van der Waals surface area contributed by atoms with Gasteiger partial charge in [0.1, 0.15) is 11.5 Å². The maximum absolute atomic E-state index is 11.8. The van der Waals surface area contributed by atoms with Gasteiger partial charge >= 0.3 is 0 Å². The molecule has 0 aromatic heterocycles. The number of methoxy groups -OCH3 is 1. The van der Waals surface area contributed by atoms with Crippen molar-refractivity contribution in [2.75, 3.05) is 7.11 Å². The second kappa shape index (κ2) is 7.14. The molecule has 1 aromatic rings. The molecule has 0 saturated carbocycles. The fourth-order valence-electron chi connectivity index (χ4n) is 1.97. The van der Waals surface area contributed by atoms with Gasteiger partial charge in [-0.3, -0.25) is 10.1 Å². The number of benzene rings is 1. The van der Waals surface area contributed by atoms with Crippen LogP contribution in [0.3, 0.4) is 0 Å². The fraction of sp³-hybridized carbons (Fsp3) is 0.533. The summed E-state index contributed by atoms with van der Waals surface area (Å²) < 4.78 is 5.05. The maximum atomic E-state index is 11.8. The molecule has 2 atom stereocenters. The summed E-state index contributed by atoms with van der Waals surface area (Å²) in [5.41, 5.74) is 0.731. The number of phenols is 1. The van der Waals surface area contributed by atoms with Gasteiger partial charge in [0.05, 0.1) is 13.2 Å². The number of phenolic OH excluding ortho intramolecular Hbond substituents is 1. The van der Waals surface area contributed by atoms with E-state index in [-0.39, 0.29) is 29.8 Å². The SMILES string of the molecule is COc1ccc(C(C)NC(C)C(=O)NC(C)C)c(O)c1. The predicted molar refractivity (Wildman–Crippen MR) is 79.0 cm³/mol. The van der Waals surface area contributed by atoms with Gasteiger partial charge in [-0.25, -0.2) is 0 Å².